The van der Waals surface area contributed by atoms with E-state index >= 15 is 0 Å². The van der Waals surface area contributed by atoms with Gasteiger partial charge in [-0.05, 0) is 25.0 Å². The largest absolute Gasteiger partial charge is 0.468 e. The molecule has 0 amide bonds. The van der Waals surface area contributed by atoms with E-state index in [-0.39, 0.29) is 11.8 Å². The Kier molecular flexibility index (Phi) is 3.16. The van der Waals surface area contributed by atoms with E-state index in [4.69, 9.17) is 4.42 Å². The Labute approximate surface area is 111 Å². The zero-order chi connectivity index (χ0) is 13.3. The van der Waals surface area contributed by atoms with Crippen molar-refractivity contribution >= 4 is 10.0 Å². The lowest BCUT2D eigenvalue weighted by Gasteiger charge is -2.21. The van der Waals surface area contributed by atoms with Crippen molar-refractivity contribution in [3.8, 4) is 0 Å². The van der Waals surface area contributed by atoms with E-state index in [1.807, 2.05) is 6.07 Å². The van der Waals surface area contributed by atoms with Gasteiger partial charge in [0.1, 0.15) is 17.8 Å². The highest BCUT2D eigenvalue weighted by atomic mass is 32.2. The van der Waals surface area contributed by atoms with Crippen LogP contribution in [0.4, 0.5) is 0 Å². The Bertz CT molecular complexity index is 619. The Morgan fingerprint density at radius 3 is 2.95 bits per heavy atom. The summed E-state index contributed by atoms with van der Waals surface area (Å²) in [7, 11) is -3.41. The summed E-state index contributed by atoms with van der Waals surface area (Å²) in [5.74, 6) is 0.557. The van der Waals surface area contributed by atoms with E-state index in [2.05, 4.69) is 9.68 Å². The number of sulfonamides is 1. The molecule has 1 atom stereocenters. The molecule has 1 aliphatic heterocycles. The minimum absolute atomic E-state index is 0.138. The van der Waals surface area contributed by atoms with Crippen molar-refractivity contribution in [1.82, 2.24) is 9.46 Å². The second-order valence-corrected chi connectivity index (χ2v) is 6.45. The van der Waals surface area contributed by atoms with Crippen LogP contribution in [0.3, 0.4) is 0 Å². The summed E-state index contributed by atoms with van der Waals surface area (Å²) in [5.41, 5.74) is 0.421. The minimum Gasteiger partial charge on any atom is -0.468 e. The molecule has 0 bridgehead atoms. The average molecular weight is 282 g/mol. The first-order chi connectivity index (χ1) is 9.17. The quantitative estimate of drug-likeness (QED) is 0.856. The molecule has 1 saturated heterocycles. The van der Waals surface area contributed by atoms with Crippen molar-refractivity contribution in [2.75, 3.05) is 6.54 Å². The molecular formula is C12H14N2O4S. The van der Waals surface area contributed by atoms with Gasteiger partial charge in [0.15, 0.2) is 0 Å². The lowest BCUT2D eigenvalue weighted by atomic mass is 10.2. The number of rotatable bonds is 4. The van der Waals surface area contributed by atoms with E-state index in [9.17, 15) is 8.42 Å². The third-order valence-corrected chi connectivity index (χ3v) is 5.07. The van der Waals surface area contributed by atoms with E-state index in [0.29, 0.717) is 18.0 Å². The predicted octanol–water partition coefficient (Wildman–Crippen LogP) is 1.93. The maximum Gasteiger partial charge on any atom is 0.220 e. The number of furan rings is 1. The van der Waals surface area contributed by atoms with Gasteiger partial charge in [-0.2, -0.15) is 4.31 Å². The molecule has 102 valence electrons. The summed E-state index contributed by atoms with van der Waals surface area (Å²) in [6.45, 7) is 0.519. The van der Waals surface area contributed by atoms with E-state index < -0.39 is 10.0 Å². The van der Waals surface area contributed by atoms with Crippen LogP contribution in [0, 0.1) is 0 Å². The summed E-state index contributed by atoms with van der Waals surface area (Å²) in [6.07, 6.45) is 4.56. The van der Waals surface area contributed by atoms with Gasteiger partial charge >= 0.3 is 0 Å². The SMILES string of the molecule is O=S(=O)(Cc1ccon1)N1CCC[C@@H]1c1ccco1. The van der Waals surface area contributed by atoms with Crippen molar-refractivity contribution in [2.24, 2.45) is 0 Å². The maximum absolute atomic E-state index is 12.4. The fraction of sp³-hybridized carbons (Fsp3) is 0.417. The van der Waals surface area contributed by atoms with Crippen molar-refractivity contribution in [2.45, 2.75) is 24.6 Å². The highest BCUT2D eigenvalue weighted by molar-refractivity contribution is 7.88. The number of nitrogens with zero attached hydrogens (tertiary/aromatic N) is 2. The molecule has 0 aliphatic carbocycles. The first-order valence-electron chi connectivity index (χ1n) is 6.09. The molecule has 2 aromatic heterocycles. The molecule has 0 N–H and O–H groups in total. The standard InChI is InChI=1S/C12H14N2O4S/c15-19(16,9-10-5-8-18-13-10)14-6-1-3-11(14)12-4-2-7-17-12/h2,4-5,7-8,11H,1,3,6,9H2/t11-/m1/s1. The molecule has 0 radical (unpaired) electrons. The number of hydrogen-bond acceptors (Lipinski definition) is 5. The summed E-state index contributed by atoms with van der Waals surface area (Å²) >= 11 is 0. The van der Waals surface area contributed by atoms with Crippen LogP contribution in [-0.2, 0) is 15.8 Å². The number of aromatic nitrogens is 1. The second-order valence-electron chi connectivity index (χ2n) is 4.53. The lowest BCUT2D eigenvalue weighted by molar-refractivity contribution is 0.338. The molecule has 2 aromatic rings. The normalized spacial score (nSPS) is 20.9. The lowest BCUT2D eigenvalue weighted by Crippen LogP contribution is -2.31. The summed E-state index contributed by atoms with van der Waals surface area (Å²) in [4.78, 5) is 0. The van der Waals surface area contributed by atoms with Crippen molar-refractivity contribution < 1.29 is 17.4 Å². The van der Waals surface area contributed by atoms with Crippen LogP contribution in [0.2, 0.25) is 0 Å². The maximum atomic E-state index is 12.4. The molecular weight excluding hydrogens is 268 g/mol. The minimum atomic E-state index is -3.41. The fourth-order valence-corrected chi connectivity index (χ4v) is 4.11. The third-order valence-electron chi connectivity index (χ3n) is 3.25. The first-order valence-corrected chi connectivity index (χ1v) is 7.70. The van der Waals surface area contributed by atoms with Crippen LogP contribution >= 0.6 is 0 Å². The molecule has 1 fully saturated rings. The molecule has 3 rings (SSSR count). The van der Waals surface area contributed by atoms with E-state index in [1.54, 1.807) is 18.4 Å². The van der Waals surface area contributed by atoms with Crippen molar-refractivity contribution in [3.63, 3.8) is 0 Å². The Morgan fingerprint density at radius 1 is 1.37 bits per heavy atom. The van der Waals surface area contributed by atoms with Crippen LogP contribution in [0.25, 0.3) is 0 Å². The van der Waals surface area contributed by atoms with Gasteiger partial charge in [-0.3, -0.25) is 0 Å². The van der Waals surface area contributed by atoms with Crippen LogP contribution in [-0.4, -0.2) is 24.4 Å². The molecule has 1 aliphatic rings. The highest BCUT2D eigenvalue weighted by Crippen LogP contribution is 2.35. The smallest absolute Gasteiger partial charge is 0.220 e. The van der Waals surface area contributed by atoms with Crippen LogP contribution in [0.15, 0.2) is 39.7 Å². The molecule has 6 nitrogen and oxygen atoms in total. The molecule has 19 heavy (non-hydrogen) atoms. The van der Waals surface area contributed by atoms with Gasteiger partial charge in [0.25, 0.3) is 0 Å². The van der Waals surface area contributed by atoms with Gasteiger partial charge in [-0.15, -0.1) is 0 Å². The monoisotopic (exact) mass is 282 g/mol. The molecule has 0 unspecified atom stereocenters. The Hall–Kier alpha value is -1.60. The van der Waals surface area contributed by atoms with Gasteiger partial charge in [0.2, 0.25) is 10.0 Å². The van der Waals surface area contributed by atoms with Gasteiger partial charge in [0.05, 0.1) is 18.0 Å². The second kappa shape index (κ2) is 4.82. The Balaban J connectivity index is 1.84. The van der Waals surface area contributed by atoms with Crippen LogP contribution in [0.1, 0.15) is 30.3 Å². The average Bonchev–Trinajstić information content (AvgIpc) is 3.11. The number of hydrogen-bond donors (Lipinski definition) is 0. The zero-order valence-corrected chi connectivity index (χ0v) is 11.0. The topological polar surface area (TPSA) is 76.6 Å². The third kappa shape index (κ3) is 2.43. The van der Waals surface area contributed by atoms with Gasteiger partial charge in [-0.25, -0.2) is 8.42 Å². The van der Waals surface area contributed by atoms with Crippen molar-refractivity contribution in [1.29, 1.82) is 0 Å². The summed E-state index contributed by atoms with van der Waals surface area (Å²) in [6, 6.07) is 4.95. The predicted molar refractivity (Wildman–Crippen MR) is 66.5 cm³/mol. The zero-order valence-electron chi connectivity index (χ0n) is 10.2. The van der Waals surface area contributed by atoms with Gasteiger partial charge < -0.3 is 8.94 Å². The molecule has 0 saturated carbocycles. The van der Waals surface area contributed by atoms with Crippen LogP contribution < -0.4 is 0 Å². The first kappa shape index (κ1) is 12.4. The molecule has 7 heteroatoms. The summed E-state index contributed by atoms with van der Waals surface area (Å²) in [5, 5.41) is 3.66. The fourth-order valence-electron chi connectivity index (χ4n) is 2.42. The van der Waals surface area contributed by atoms with E-state index in [0.717, 1.165) is 12.8 Å². The van der Waals surface area contributed by atoms with Crippen molar-refractivity contribution in [3.05, 3.63) is 42.2 Å². The molecule has 0 spiro atoms. The molecule has 3 heterocycles. The van der Waals surface area contributed by atoms with Gasteiger partial charge in [-0.1, -0.05) is 5.16 Å². The Morgan fingerprint density at radius 2 is 2.26 bits per heavy atom. The van der Waals surface area contributed by atoms with E-state index in [1.165, 1.54) is 10.6 Å². The van der Waals surface area contributed by atoms with Crippen LogP contribution in [0.5, 0.6) is 0 Å². The molecule has 0 aromatic carbocycles. The van der Waals surface area contributed by atoms with Gasteiger partial charge in [0, 0.05) is 12.6 Å². The summed E-state index contributed by atoms with van der Waals surface area (Å²) < 4.78 is 36.3. The highest BCUT2D eigenvalue weighted by Gasteiger charge is 2.36.